The quantitative estimate of drug-likeness (QED) is 0.684. The number of carbonyl (C=O) groups is 1. The molecular formula is C12H12N2O2. The number of benzene rings is 1. The van der Waals surface area contributed by atoms with Crippen molar-refractivity contribution in [1.82, 2.24) is 9.97 Å². The second-order valence-corrected chi connectivity index (χ2v) is 3.66. The number of nitrogens with zero attached hydrogens (tertiary/aromatic N) is 2. The summed E-state index contributed by atoms with van der Waals surface area (Å²) in [6.07, 6.45) is 1.71. The molecule has 0 aliphatic carbocycles. The van der Waals surface area contributed by atoms with E-state index in [1.54, 1.807) is 12.3 Å². The number of hydrogen-bond donors (Lipinski definition) is 0. The molecule has 4 heteroatoms. The molecule has 0 radical (unpaired) electrons. The summed E-state index contributed by atoms with van der Waals surface area (Å²) >= 11 is 0. The molecule has 2 aromatic rings. The Morgan fingerprint density at radius 3 is 2.69 bits per heavy atom. The number of ether oxygens (including phenoxy) is 1. The second kappa shape index (κ2) is 3.89. The lowest BCUT2D eigenvalue weighted by molar-refractivity contribution is 0.0600. The molecule has 0 unspecified atom stereocenters. The molecule has 0 saturated carbocycles. The van der Waals surface area contributed by atoms with E-state index in [2.05, 4.69) is 9.97 Å². The predicted molar refractivity (Wildman–Crippen MR) is 60.4 cm³/mol. The predicted octanol–water partition coefficient (Wildman–Crippen LogP) is 2.03. The Balaban J connectivity index is 2.68. The van der Waals surface area contributed by atoms with Gasteiger partial charge in [0.1, 0.15) is 0 Å². The minimum Gasteiger partial charge on any atom is -0.465 e. The number of carbonyl (C=O) groups excluding carboxylic acids is 1. The summed E-state index contributed by atoms with van der Waals surface area (Å²) in [6, 6.07) is 3.56. The smallest absolute Gasteiger partial charge is 0.338 e. The van der Waals surface area contributed by atoms with Crippen molar-refractivity contribution in [1.29, 1.82) is 0 Å². The van der Waals surface area contributed by atoms with Gasteiger partial charge in [0.05, 0.1) is 29.4 Å². The normalized spacial score (nSPS) is 10.4. The van der Waals surface area contributed by atoms with Crippen LogP contribution in [0.5, 0.6) is 0 Å². The molecule has 0 atom stereocenters. The van der Waals surface area contributed by atoms with Crippen LogP contribution in [0.4, 0.5) is 0 Å². The minimum atomic E-state index is -0.345. The van der Waals surface area contributed by atoms with Crippen LogP contribution in [0.15, 0.2) is 18.3 Å². The number of rotatable bonds is 1. The van der Waals surface area contributed by atoms with E-state index in [0.717, 1.165) is 16.8 Å². The standard InChI is InChI=1S/C12H12N2O2/c1-7-4-10-11(14-8(2)6-13-10)5-9(7)12(15)16-3/h4-6H,1-3H3. The number of hydrogen-bond acceptors (Lipinski definition) is 4. The molecule has 0 spiro atoms. The molecule has 0 aliphatic rings. The summed E-state index contributed by atoms with van der Waals surface area (Å²) in [7, 11) is 1.37. The summed E-state index contributed by atoms with van der Waals surface area (Å²) in [5.74, 6) is -0.345. The van der Waals surface area contributed by atoms with E-state index in [-0.39, 0.29) is 5.97 Å². The fourth-order valence-corrected chi connectivity index (χ4v) is 1.59. The van der Waals surface area contributed by atoms with Gasteiger partial charge < -0.3 is 4.74 Å². The zero-order valence-corrected chi connectivity index (χ0v) is 9.44. The molecule has 0 aliphatic heterocycles. The molecule has 0 amide bonds. The van der Waals surface area contributed by atoms with Gasteiger partial charge in [-0.3, -0.25) is 4.98 Å². The Morgan fingerprint density at radius 1 is 1.25 bits per heavy atom. The highest BCUT2D eigenvalue weighted by atomic mass is 16.5. The summed E-state index contributed by atoms with van der Waals surface area (Å²) in [5.41, 5.74) is 3.71. The lowest BCUT2D eigenvalue weighted by Gasteiger charge is -2.05. The zero-order valence-electron chi connectivity index (χ0n) is 9.44. The van der Waals surface area contributed by atoms with E-state index in [0.29, 0.717) is 11.1 Å². The van der Waals surface area contributed by atoms with Crippen molar-refractivity contribution in [2.45, 2.75) is 13.8 Å². The monoisotopic (exact) mass is 216 g/mol. The van der Waals surface area contributed by atoms with Crippen LogP contribution in [-0.4, -0.2) is 23.0 Å². The molecule has 4 nitrogen and oxygen atoms in total. The largest absolute Gasteiger partial charge is 0.465 e. The van der Waals surface area contributed by atoms with E-state index < -0.39 is 0 Å². The third-order valence-electron chi connectivity index (χ3n) is 2.41. The first-order chi connectivity index (χ1) is 7.61. The Labute approximate surface area is 93.3 Å². The summed E-state index contributed by atoms with van der Waals surface area (Å²) in [5, 5.41) is 0. The lowest BCUT2D eigenvalue weighted by Crippen LogP contribution is -2.04. The average molecular weight is 216 g/mol. The van der Waals surface area contributed by atoms with Crippen LogP contribution in [-0.2, 0) is 4.74 Å². The first-order valence-corrected chi connectivity index (χ1v) is 4.94. The molecule has 1 aromatic heterocycles. The molecule has 1 heterocycles. The van der Waals surface area contributed by atoms with Crippen molar-refractivity contribution in [3.05, 3.63) is 35.2 Å². The molecule has 0 N–H and O–H groups in total. The molecule has 0 saturated heterocycles. The van der Waals surface area contributed by atoms with Gasteiger partial charge in [-0.1, -0.05) is 0 Å². The second-order valence-electron chi connectivity index (χ2n) is 3.66. The fourth-order valence-electron chi connectivity index (χ4n) is 1.59. The Hall–Kier alpha value is -1.97. The Morgan fingerprint density at radius 2 is 2.00 bits per heavy atom. The van der Waals surface area contributed by atoms with Gasteiger partial charge in [-0.05, 0) is 31.5 Å². The SMILES string of the molecule is COC(=O)c1cc2nc(C)cnc2cc1C. The molecule has 2 rings (SSSR count). The van der Waals surface area contributed by atoms with E-state index in [4.69, 9.17) is 4.74 Å². The molecule has 82 valence electrons. The molecule has 0 bridgehead atoms. The van der Waals surface area contributed by atoms with Crippen molar-refractivity contribution in [2.75, 3.05) is 7.11 Å². The van der Waals surface area contributed by atoms with Crippen LogP contribution < -0.4 is 0 Å². The fraction of sp³-hybridized carbons (Fsp3) is 0.250. The number of aryl methyl sites for hydroxylation is 2. The lowest BCUT2D eigenvalue weighted by atomic mass is 10.1. The van der Waals surface area contributed by atoms with Gasteiger partial charge in [0, 0.05) is 6.20 Å². The van der Waals surface area contributed by atoms with Crippen LogP contribution >= 0.6 is 0 Å². The topological polar surface area (TPSA) is 52.1 Å². The highest BCUT2D eigenvalue weighted by Crippen LogP contribution is 2.17. The van der Waals surface area contributed by atoms with Gasteiger partial charge in [-0.2, -0.15) is 0 Å². The average Bonchev–Trinajstić information content (AvgIpc) is 2.28. The highest BCUT2D eigenvalue weighted by Gasteiger charge is 2.11. The number of aromatic nitrogens is 2. The first kappa shape index (κ1) is 10.5. The molecule has 16 heavy (non-hydrogen) atoms. The zero-order chi connectivity index (χ0) is 11.7. The van der Waals surface area contributed by atoms with Crippen LogP contribution in [0.2, 0.25) is 0 Å². The van der Waals surface area contributed by atoms with Crippen molar-refractivity contribution in [2.24, 2.45) is 0 Å². The van der Waals surface area contributed by atoms with Gasteiger partial charge >= 0.3 is 5.97 Å². The van der Waals surface area contributed by atoms with Gasteiger partial charge in [0.15, 0.2) is 0 Å². The molecule has 1 aromatic carbocycles. The Kier molecular flexibility index (Phi) is 2.56. The van der Waals surface area contributed by atoms with Crippen molar-refractivity contribution in [3.8, 4) is 0 Å². The number of fused-ring (bicyclic) bond motifs is 1. The molecular weight excluding hydrogens is 204 g/mol. The summed E-state index contributed by atoms with van der Waals surface area (Å²) in [4.78, 5) is 20.1. The van der Waals surface area contributed by atoms with Crippen molar-refractivity contribution >= 4 is 17.0 Å². The maximum absolute atomic E-state index is 11.5. The highest BCUT2D eigenvalue weighted by molar-refractivity contribution is 5.95. The van der Waals surface area contributed by atoms with Crippen molar-refractivity contribution < 1.29 is 9.53 Å². The minimum absolute atomic E-state index is 0.345. The van der Waals surface area contributed by atoms with E-state index in [9.17, 15) is 4.79 Å². The molecule has 0 fully saturated rings. The van der Waals surface area contributed by atoms with Gasteiger partial charge in [-0.15, -0.1) is 0 Å². The Bertz CT molecular complexity index is 564. The number of esters is 1. The third kappa shape index (κ3) is 1.74. The number of methoxy groups -OCH3 is 1. The van der Waals surface area contributed by atoms with Crippen molar-refractivity contribution in [3.63, 3.8) is 0 Å². The summed E-state index contributed by atoms with van der Waals surface area (Å²) in [6.45, 7) is 3.72. The van der Waals surface area contributed by atoms with Crippen LogP contribution in [0.1, 0.15) is 21.6 Å². The van der Waals surface area contributed by atoms with Gasteiger partial charge in [0.2, 0.25) is 0 Å². The van der Waals surface area contributed by atoms with Crippen LogP contribution in [0.3, 0.4) is 0 Å². The van der Waals surface area contributed by atoms with E-state index in [1.807, 2.05) is 19.9 Å². The van der Waals surface area contributed by atoms with Crippen LogP contribution in [0.25, 0.3) is 11.0 Å². The van der Waals surface area contributed by atoms with Gasteiger partial charge in [0.25, 0.3) is 0 Å². The van der Waals surface area contributed by atoms with Gasteiger partial charge in [-0.25, -0.2) is 9.78 Å². The third-order valence-corrected chi connectivity index (χ3v) is 2.41. The van der Waals surface area contributed by atoms with E-state index >= 15 is 0 Å². The maximum Gasteiger partial charge on any atom is 0.338 e. The van der Waals surface area contributed by atoms with Crippen LogP contribution in [0, 0.1) is 13.8 Å². The van der Waals surface area contributed by atoms with E-state index in [1.165, 1.54) is 7.11 Å². The first-order valence-electron chi connectivity index (χ1n) is 4.94. The summed E-state index contributed by atoms with van der Waals surface area (Å²) < 4.78 is 4.71. The maximum atomic E-state index is 11.5.